The molecule has 0 saturated carbocycles. The van der Waals surface area contributed by atoms with Gasteiger partial charge >= 0.3 is 0 Å². The largest absolute Gasteiger partial charge is 0.399 e. The van der Waals surface area contributed by atoms with E-state index >= 15 is 0 Å². The van der Waals surface area contributed by atoms with Crippen molar-refractivity contribution >= 4 is 27.3 Å². The van der Waals surface area contributed by atoms with E-state index in [1.165, 1.54) is 6.07 Å². The predicted molar refractivity (Wildman–Crippen MR) is 81.1 cm³/mol. The van der Waals surface area contributed by atoms with Gasteiger partial charge in [-0.15, -0.1) is 0 Å². The molecule has 7 nitrogen and oxygen atoms in total. The highest BCUT2D eigenvalue weighted by Crippen LogP contribution is 2.37. The van der Waals surface area contributed by atoms with Crippen LogP contribution in [0.4, 0.5) is 11.4 Å². The van der Waals surface area contributed by atoms with Gasteiger partial charge in [-0.3, -0.25) is 4.79 Å². The minimum Gasteiger partial charge on any atom is -0.399 e. The summed E-state index contributed by atoms with van der Waals surface area (Å²) in [6.45, 7) is 4.51. The van der Waals surface area contributed by atoms with Crippen LogP contribution in [-0.4, -0.2) is 27.4 Å². The minimum atomic E-state index is -3.85. The van der Waals surface area contributed by atoms with Crippen molar-refractivity contribution in [2.45, 2.75) is 25.2 Å². The molecule has 1 aliphatic rings. The lowest BCUT2D eigenvalue weighted by atomic mass is 9.89. The number of sulfonamides is 1. The number of amides is 1. The maximum Gasteiger partial charge on any atom is 0.238 e. The van der Waals surface area contributed by atoms with Gasteiger partial charge < -0.3 is 16.4 Å². The normalized spacial score (nSPS) is 22.5. The van der Waals surface area contributed by atoms with Gasteiger partial charge in [-0.2, -0.15) is 0 Å². The van der Waals surface area contributed by atoms with Crippen LogP contribution in [-0.2, 0) is 14.8 Å². The molecular weight excluding hydrogens is 292 g/mol. The highest BCUT2D eigenvalue weighted by atomic mass is 32.2. The van der Waals surface area contributed by atoms with E-state index in [0.717, 1.165) is 0 Å². The molecule has 1 aromatic rings. The van der Waals surface area contributed by atoms with Crippen LogP contribution >= 0.6 is 0 Å². The smallest absolute Gasteiger partial charge is 0.238 e. The molecule has 6 N–H and O–H groups in total. The summed E-state index contributed by atoms with van der Waals surface area (Å²) in [6.07, 6.45) is 0.612. The molecule has 116 valence electrons. The van der Waals surface area contributed by atoms with E-state index in [9.17, 15) is 13.2 Å². The fraction of sp³-hybridized carbons (Fsp3) is 0.462. The highest BCUT2D eigenvalue weighted by molar-refractivity contribution is 7.89. The van der Waals surface area contributed by atoms with E-state index in [1.54, 1.807) is 19.9 Å². The number of nitrogens with two attached hydrogens (primary N) is 3. The van der Waals surface area contributed by atoms with Gasteiger partial charge in [-0.1, -0.05) is 0 Å². The summed E-state index contributed by atoms with van der Waals surface area (Å²) in [7, 11) is -3.85. The van der Waals surface area contributed by atoms with Crippen molar-refractivity contribution in [1.82, 2.24) is 0 Å². The van der Waals surface area contributed by atoms with Crippen molar-refractivity contribution < 1.29 is 13.2 Å². The van der Waals surface area contributed by atoms with Gasteiger partial charge in [0, 0.05) is 24.5 Å². The van der Waals surface area contributed by atoms with E-state index in [4.69, 9.17) is 16.6 Å². The van der Waals surface area contributed by atoms with Gasteiger partial charge in [-0.25, -0.2) is 13.6 Å². The molecule has 1 aliphatic heterocycles. The van der Waals surface area contributed by atoms with Crippen molar-refractivity contribution in [3.8, 4) is 0 Å². The number of rotatable bonds is 3. The van der Waals surface area contributed by atoms with Crippen molar-refractivity contribution in [3.63, 3.8) is 0 Å². The summed E-state index contributed by atoms with van der Waals surface area (Å²) in [5.41, 5.74) is 12.1. The van der Waals surface area contributed by atoms with Crippen LogP contribution in [0.15, 0.2) is 17.0 Å². The van der Waals surface area contributed by atoms with Crippen LogP contribution in [0, 0.1) is 12.3 Å². The number of hydrogen-bond donors (Lipinski definition) is 3. The number of hydrogen-bond acceptors (Lipinski definition) is 5. The Hall–Kier alpha value is -1.80. The highest BCUT2D eigenvalue weighted by Gasteiger charge is 2.39. The predicted octanol–water partition coefficient (Wildman–Crippen LogP) is -0.0737. The van der Waals surface area contributed by atoms with E-state index in [0.29, 0.717) is 36.4 Å². The number of anilines is 2. The van der Waals surface area contributed by atoms with Crippen molar-refractivity contribution in [1.29, 1.82) is 0 Å². The molecule has 1 amide bonds. The molecule has 0 aliphatic carbocycles. The van der Waals surface area contributed by atoms with Crippen LogP contribution in [0.3, 0.4) is 0 Å². The molecule has 1 atom stereocenters. The maximum absolute atomic E-state index is 11.6. The molecule has 21 heavy (non-hydrogen) atoms. The molecule has 0 aromatic heterocycles. The Bertz CT molecular complexity index is 702. The lowest BCUT2D eigenvalue weighted by molar-refractivity contribution is -0.125. The van der Waals surface area contributed by atoms with Crippen LogP contribution < -0.4 is 21.5 Å². The standard InChI is InChI=1S/C13H20N4O3S/c1-8-10(5-9(14)6-11(8)21(16,19)20)17-4-3-13(2,7-17)12(15)18/h5-6H,3-4,7,14H2,1-2H3,(H2,15,18)(H2,16,19,20). The first kappa shape index (κ1) is 15.6. The number of primary sulfonamides is 1. The second-order valence-electron chi connectivity index (χ2n) is 5.80. The van der Waals surface area contributed by atoms with Gasteiger partial charge in [0.2, 0.25) is 15.9 Å². The number of carbonyl (C=O) groups excluding carboxylic acids is 1. The Morgan fingerprint density at radius 2 is 2.00 bits per heavy atom. The fourth-order valence-electron chi connectivity index (χ4n) is 2.69. The summed E-state index contributed by atoms with van der Waals surface area (Å²) in [5, 5.41) is 5.22. The molecule has 1 fully saturated rings. The number of nitrogens with zero attached hydrogens (tertiary/aromatic N) is 1. The summed E-state index contributed by atoms with van der Waals surface area (Å²) in [6, 6.07) is 3.04. The molecule has 0 bridgehead atoms. The monoisotopic (exact) mass is 312 g/mol. The Morgan fingerprint density at radius 1 is 1.38 bits per heavy atom. The molecule has 1 saturated heterocycles. The number of nitrogen functional groups attached to an aromatic ring is 1. The SMILES string of the molecule is Cc1c(N2CCC(C)(C(N)=O)C2)cc(N)cc1S(N)(=O)=O. The Morgan fingerprint density at radius 3 is 2.48 bits per heavy atom. The third-order valence-corrected chi connectivity index (χ3v) is 5.11. The zero-order valence-corrected chi connectivity index (χ0v) is 12.9. The lowest BCUT2D eigenvalue weighted by Gasteiger charge is -2.25. The second kappa shape index (κ2) is 4.88. The third-order valence-electron chi connectivity index (χ3n) is 4.07. The maximum atomic E-state index is 11.6. The van der Waals surface area contributed by atoms with Crippen LogP contribution in [0.5, 0.6) is 0 Å². The molecule has 1 unspecified atom stereocenters. The van der Waals surface area contributed by atoms with E-state index in [-0.39, 0.29) is 10.8 Å². The zero-order chi connectivity index (χ0) is 16.0. The second-order valence-corrected chi connectivity index (χ2v) is 7.33. The van der Waals surface area contributed by atoms with Gasteiger partial charge in [0.15, 0.2) is 0 Å². The van der Waals surface area contributed by atoms with Gasteiger partial charge in [0.25, 0.3) is 0 Å². The average Bonchev–Trinajstić information content (AvgIpc) is 2.74. The van der Waals surface area contributed by atoms with Crippen molar-refractivity contribution in [2.75, 3.05) is 23.7 Å². The first-order chi connectivity index (χ1) is 9.54. The lowest BCUT2D eigenvalue weighted by Crippen LogP contribution is -2.37. The minimum absolute atomic E-state index is 0.00479. The van der Waals surface area contributed by atoms with Gasteiger partial charge in [0.05, 0.1) is 10.3 Å². The third kappa shape index (κ3) is 2.81. The van der Waals surface area contributed by atoms with Crippen LogP contribution in [0.25, 0.3) is 0 Å². The Labute approximate surface area is 124 Å². The van der Waals surface area contributed by atoms with Crippen molar-refractivity contribution in [3.05, 3.63) is 17.7 Å². The summed E-state index contributed by atoms with van der Waals surface area (Å²) in [4.78, 5) is 13.5. The van der Waals surface area contributed by atoms with Gasteiger partial charge in [-0.05, 0) is 38.0 Å². The fourth-order valence-corrected chi connectivity index (χ4v) is 3.52. The first-order valence-electron chi connectivity index (χ1n) is 6.52. The van der Waals surface area contributed by atoms with E-state index in [1.807, 2.05) is 4.90 Å². The molecule has 1 aromatic carbocycles. The summed E-state index contributed by atoms with van der Waals surface area (Å²) in [5.74, 6) is -0.363. The quantitative estimate of drug-likeness (QED) is 0.672. The molecule has 8 heteroatoms. The molecule has 0 radical (unpaired) electrons. The van der Waals surface area contributed by atoms with Crippen molar-refractivity contribution in [2.24, 2.45) is 16.3 Å². The summed E-state index contributed by atoms with van der Waals surface area (Å²) < 4.78 is 23.3. The average molecular weight is 312 g/mol. The Kier molecular flexibility index (Phi) is 3.63. The van der Waals surface area contributed by atoms with Crippen LogP contribution in [0.2, 0.25) is 0 Å². The first-order valence-corrected chi connectivity index (χ1v) is 8.07. The van der Waals surface area contributed by atoms with Gasteiger partial charge in [0.1, 0.15) is 0 Å². The molecule has 1 heterocycles. The summed E-state index contributed by atoms with van der Waals surface area (Å²) >= 11 is 0. The molecule has 2 rings (SSSR count). The van der Waals surface area contributed by atoms with E-state index < -0.39 is 15.4 Å². The topological polar surface area (TPSA) is 133 Å². The van der Waals surface area contributed by atoms with Crippen LogP contribution in [0.1, 0.15) is 18.9 Å². The number of primary amides is 1. The number of benzene rings is 1. The molecule has 0 spiro atoms. The molecular formula is C13H20N4O3S. The Balaban J connectivity index is 2.47. The zero-order valence-electron chi connectivity index (χ0n) is 12.1. The van der Waals surface area contributed by atoms with E-state index in [2.05, 4.69) is 0 Å². The number of carbonyl (C=O) groups is 1.